The highest BCUT2D eigenvalue weighted by molar-refractivity contribution is 5.95. The summed E-state index contributed by atoms with van der Waals surface area (Å²) >= 11 is 0. The van der Waals surface area contributed by atoms with Crippen LogP contribution in [0.4, 0.5) is 26.3 Å². The van der Waals surface area contributed by atoms with Crippen molar-refractivity contribution in [3.8, 4) is 0 Å². The van der Waals surface area contributed by atoms with Gasteiger partial charge in [0.2, 0.25) is 0 Å². The first-order valence-corrected chi connectivity index (χ1v) is 16.4. The van der Waals surface area contributed by atoms with Crippen molar-refractivity contribution in [3.05, 3.63) is 70.8 Å². The maximum atomic E-state index is 13.7. The number of alkyl halides is 6. The number of benzene rings is 2. The van der Waals surface area contributed by atoms with Crippen LogP contribution in [0.15, 0.2) is 48.5 Å². The van der Waals surface area contributed by atoms with Crippen LogP contribution in [-0.4, -0.2) is 58.5 Å². The molecule has 1 aliphatic rings. The number of carbonyl (C=O) groups excluding carboxylic acids is 1. The third kappa shape index (κ3) is 11.9. The van der Waals surface area contributed by atoms with E-state index in [-0.39, 0.29) is 25.2 Å². The third-order valence-corrected chi connectivity index (χ3v) is 8.75. The number of carbonyl (C=O) groups is 2. The lowest BCUT2D eigenvalue weighted by Crippen LogP contribution is -2.53. The second kappa shape index (κ2) is 17.7. The molecule has 3 rings (SSSR count). The molecule has 1 saturated heterocycles. The minimum Gasteiger partial charge on any atom is -0.480 e. The van der Waals surface area contributed by atoms with Crippen molar-refractivity contribution in [1.29, 1.82) is 0 Å². The van der Waals surface area contributed by atoms with E-state index in [0.717, 1.165) is 31.2 Å². The van der Waals surface area contributed by atoms with Crippen LogP contribution in [0.5, 0.6) is 0 Å². The van der Waals surface area contributed by atoms with Crippen LogP contribution in [0.2, 0.25) is 0 Å². The smallest absolute Gasteiger partial charge is 0.416 e. The number of aliphatic carboxylic acids is 1. The van der Waals surface area contributed by atoms with E-state index in [0.29, 0.717) is 37.9 Å². The number of carboxylic acids is 1. The van der Waals surface area contributed by atoms with E-state index in [9.17, 15) is 41.0 Å². The van der Waals surface area contributed by atoms with Gasteiger partial charge in [0.05, 0.1) is 17.7 Å². The van der Waals surface area contributed by atoms with Crippen molar-refractivity contribution < 1.29 is 41.0 Å². The van der Waals surface area contributed by atoms with Crippen molar-refractivity contribution in [1.82, 2.24) is 9.80 Å². The zero-order valence-corrected chi connectivity index (χ0v) is 26.5. The Balaban J connectivity index is 1.75. The molecule has 46 heavy (non-hydrogen) atoms. The molecule has 0 aliphatic carbocycles. The molecule has 2 aromatic rings. The average molecular weight is 657 g/mol. The molecule has 1 heterocycles. The van der Waals surface area contributed by atoms with Crippen molar-refractivity contribution in [2.24, 2.45) is 0 Å². The Labute approximate surface area is 268 Å². The highest BCUT2D eigenvalue weighted by Crippen LogP contribution is 2.37. The monoisotopic (exact) mass is 656 g/mol. The minimum atomic E-state index is -5.07. The second-order valence-electron chi connectivity index (χ2n) is 12.4. The number of likely N-dealkylation sites (tertiary alicyclic amines) is 1. The summed E-state index contributed by atoms with van der Waals surface area (Å²) in [5, 5.41) is 9.66. The SMILES string of the molecule is CCCCCCCCCCCCN(CC(=O)O)[C@H]1CCN(C(=O)c2cc(C(F)(F)F)cc(C(F)(F)F)c2)[C@H](Cc2ccccc2)C1. The van der Waals surface area contributed by atoms with Crippen molar-refractivity contribution >= 4 is 11.9 Å². The lowest BCUT2D eigenvalue weighted by atomic mass is 9.90. The summed E-state index contributed by atoms with van der Waals surface area (Å²) in [6, 6.07) is 9.34. The zero-order chi connectivity index (χ0) is 33.7. The number of rotatable bonds is 17. The van der Waals surface area contributed by atoms with Crippen molar-refractivity contribution in [3.63, 3.8) is 0 Å². The molecular formula is C35H46F6N2O3. The van der Waals surface area contributed by atoms with E-state index < -0.39 is 47.0 Å². The normalized spacial score (nSPS) is 17.4. The molecule has 11 heteroatoms. The summed E-state index contributed by atoms with van der Waals surface area (Å²) in [5.74, 6) is -1.88. The molecular weight excluding hydrogens is 610 g/mol. The Bertz CT molecular complexity index is 1200. The van der Waals surface area contributed by atoms with Gasteiger partial charge in [0.15, 0.2) is 0 Å². The molecule has 1 N–H and O–H groups in total. The van der Waals surface area contributed by atoms with Gasteiger partial charge in [-0.05, 0) is 56.0 Å². The standard InChI is InChI=1S/C35H46F6N2O3/c1-2-3-4-5-6-7-8-9-10-14-18-42(25-32(44)45)30-17-19-43(31(24-30)20-26-15-12-11-13-16-26)33(46)27-21-28(34(36,37)38)23-29(22-27)35(39,40)41/h11-13,15-16,21-23,30-31H,2-10,14,17-20,24-25H2,1H3,(H,44,45)/t30-,31+/m0/s1. The Kier molecular flexibility index (Phi) is 14.4. The number of hydrogen-bond donors (Lipinski definition) is 1. The predicted molar refractivity (Wildman–Crippen MR) is 165 cm³/mol. The Morgan fingerprint density at radius 3 is 1.89 bits per heavy atom. The lowest BCUT2D eigenvalue weighted by Gasteiger charge is -2.43. The van der Waals surface area contributed by atoms with E-state index in [2.05, 4.69) is 6.92 Å². The van der Waals surface area contributed by atoms with Gasteiger partial charge >= 0.3 is 18.3 Å². The van der Waals surface area contributed by atoms with Gasteiger partial charge in [0.1, 0.15) is 0 Å². The van der Waals surface area contributed by atoms with Crippen LogP contribution in [0.1, 0.15) is 111 Å². The van der Waals surface area contributed by atoms with Gasteiger partial charge in [-0.3, -0.25) is 14.5 Å². The topological polar surface area (TPSA) is 60.9 Å². The minimum absolute atomic E-state index is 0.0157. The summed E-state index contributed by atoms with van der Waals surface area (Å²) in [5.41, 5.74) is -2.90. The number of piperidine rings is 1. The van der Waals surface area contributed by atoms with Crippen LogP contribution < -0.4 is 0 Å². The Hall–Kier alpha value is -3.08. The molecule has 0 aromatic heterocycles. The maximum absolute atomic E-state index is 13.7. The van der Waals surface area contributed by atoms with Gasteiger partial charge in [0, 0.05) is 24.2 Å². The number of carboxylic acid groups (broad SMARTS) is 1. The molecule has 0 bridgehead atoms. The van der Waals surface area contributed by atoms with E-state index >= 15 is 0 Å². The lowest BCUT2D eigenvalue weighted by molar-refractivity contribution is -0.143. The van der Waals surface area contributed by atoms with Gasteiger partial charge in [-0.15, -0.1) is 0 Å². The first kappa shape index (κ1) is 37.4. The molecule has 5 nitrogen and oxygen atoms in total. The van der Waals surface area contributed by atoms with E-state index in [1.165, 1.54) is 43.4 Å². The Morgan fingerprint density at radius 2 is 1.37 bits per heavy atom. The predicted octanol–water partition coefficient (Wildman–Crippen LogP) is 9.25. The van der Waals surface area contributed by atoms with Gasteiger partial charge in [-0.2, -0.15) is 26.3 Å². The number of amides is 1. The van der Waals surface area contributed by atoms with E-state index in [1.54, 1.807) is 0 Å². The highest BCUT2D eigenvalue weighted by atomic mass is 19.4. The first-order valence-electron chi connectivity index (χ1n) is 16.4. The molecule has 0 unspecified atom stereocenters. The molecule has 2 aromatic carbocycles. The molecule has 0 saturated carbocycles. The van der Waals surface area contributed by atoms with Gasteiger partial charge < -0.3 is 10.0 Å². The average Bonchev–Trinajstić information content (AvgIpc) is 3.00. The molecule has 0 spiro atoms. The highest BCUT2D eigenvalue weighted by Gasteiger charge is 2.40. The number of nitrogens with zero attached hydrogens (tertiary/aromatic N) is 2. The largest absolute Gasteiger partial charge is 0.480 e. The summed E-state index contributed by atoms with van der Waals surface area (Å²) in [6.07, 6.45) is 2.28. The van der Waals surface area contributed by atoms with Gasteiger partial charge in [-0.25, -0.2) is 0 Å². The van der Waals surface area contributed by atoms with Crippen LogP contribution in [0.25, 0.3) is 0 Å². The van der Waals surface area contributed by atoms with Crippen LogP contribution in [0.3, 0.4) is 0 Å². The molecule has 2 atom stereocenters. The van der Waals surface area contributed by atoms with Crippen LogP contribution >= 0.6 is 0 Å². The summed E-state index contributed by atoms with van der Waals surface area (Å²) in [6.45, 7) is 2.64. The summed E-state index contributed by atoms with van der Waals surface area (Å²) < 4.78 is 81.3. The zero-order valence-electron chi connectivity index (χ0n) is 26.5. The fraction of sp³-hybridized carbons (Fsp3) is 0.600. The fourth-order valence-electron chi connectivity index (χ4n) is 6.32. The molecule has 1 fully saturated rings. The van der Waals surface area contributed by atoms with E-state index in [4.69, 9.17) is 0 Å². The fourth-order valence-corrected chi connectivity index (χ4v) is 6.32. The third-order valence-electron chi connectivity index (χ3n) is 8.75. The quantitative estimate of drug-likeness (QED) is 0.136. The van der Waals surface area contributed by atoms with Gasteiger partial charge in [0.25, 0.3) is 5.91 Å². The number of halogens is 6. The van der Waals surface area contributed by atoms with Crippen molar-refractivity contribution in [2.75, 3.05) is 19.6 Å². The Morgan fingerprint density at radius 1 is 0.826 bits per heavy atom. The van der Waals surface area contributed by atoms with Crippen LogP contribution in [-0.2, 0) is 23.6 Å². The number of unbranched alkanes of at least 4 members (excludes halogenated alkanes) is 9. The molecule has 1 aliphatic heterocycles. The summed E-state index contributed by atoms with van der Waals surface area (Å²) in [4.78, 5) is 28.7. The van der Waals surface area contributed by atoms with Gasteiger partial charge in [-0.1, -0.05) is 95.0 Å². The van der Waals surface area contributed by atoms with E-state index in [1.807, 2.05) is 35.2 Å². The van der Waals surface area contributed by atoms with Crippen molar-refractivity contribution in [2.45, 2.75) is 115 Å². The maximum Gasteiger partial charge on any atom is 0.416 e. The number of hydrogen-bond acceptors (Lipinski definition) is 3. The molecule has 1 amide bonds. The molecule has 0 radical (unpaired) electrons. The van der Waals surface area contributed by atoms with Crippen LogP contribution in [0, 0.1) is 0 Å². The first-order chi connectivity index (χ1) is 21.8. The molecule has 256 valence electrons. The summed E-state index contributed by atoms with van der Waals surface area (Å²) in [7, 11) is 0. The second-order valence-corrected chi connectivity index (χ2v) is 12.4.